The molecule has 1 aromatic rings. The van der Waals surface area contributed by atoms with Crippen molar-refractivity contribution in [1.29, 1.82) is 0 Å². The number of piperidine rings is 1. The molecule has 1 aromatic carbocycles. The summed E-state index contributed by atoms with van der Waals surface area (Å²) in [7, 11) is 1.49. The lowest BCUT2D eigenvalue weighted by Crippen LogP contribution is -2.50. The number of likely N-dealkylation sites (tertiary alicyclic amines) is 1. The molecule has 1 aliphatic rings. The molecule has 0 bridgehead atoms. The van der Waals surface area contributed by atoms with Crippen LogP contribution in [0.1, 0.15) is 18.4 Å². The van der Waals surface area contributed by atoms with Gasteiger partial charge in [0, 0.05) is 26.7 Å². The van der Waals surface area contributed by atoms with Gasteiger partial charge in [-0.15, -0.1) is 0 Å². The lowest BCUT2D eigenvalue weighted by molar-refractivity contribution is -0.168. The first-order chi connectivity index (χ1) is 8.66. The summed E-state index contributed by atoms with van der Waals surface area (Å²) < 4.78 is 5.21. The van der Waals surface area contributed by atoms with Gasteiger partial charge in [0.25, 0.3) is 0 Å². The third kappa shape index (κ3) is 2.71. The van der Waals surface area contributed by atoms with E-state index in [4.69, 9.17) is 4.74 Å². The van der Waals surface area contributed by atoms with Gasteiger partial charge in [-0.2, -0.15) is 0 Å². The molecule has 18 heavy (non-hydrogen) atoms. The topological polar surface area (TPSA) is 49.8 Å². The summed E-state index contributed by atoms with van der Waals surface area (Å²) in [5.41, 5.74) is 0.283. The highest BCUT2D eigenvalue weighted by Crippen LogP contribution is 2.26. The van der Waals surface area contributed by atoms with Gasteiger partial charge in [0.1, 0.15) is 0 Å². The molecule has 0 atom stereocenters. The number of carboxylic acids is 1. The van der Waals surface area contributed by atoms with E-state index in [9.17, 15) is 9.90 Å². The highest BCUT2D eigenvalue weighted by atomic mass is 16.5. The fourth-order valence-electron chi connectivity index (χ4n) is 2.42. The normalized spacial score (nSPS) is 19.6. The predicted octanol–water partition coefficient (Wildman–Crippen LogP) is 1.75. The number of hydrogen-bond acceptors (Lipinski definition) is 3. The van der Waals surface area contributed by atoms with Gasteiger partial charge in [0.15, 0.2) is 5.60 Å². The first kappa shape index (κ1) is 13.1. The minimum Gasteiger partial charge on any atom is -0.479 e. The van der Waals surface area contributed by atoms with E-state index in [1.165, 1.54) is 12.7 Å². The molecule has 2 rings (SSSR count). The van der Waals surface area contributed by atoms with Crippen LogP contribution in [0.5, 0.6) is 0 Å². The zero-order valence-corrected chi connectivity index (χ0v) is 10.6. The van der Waals surface area contributed by atoms with Crippen LogP contribution < -0.4 is 0 Å². The van der Waals surface area contributed by atoms with Gasteiger partial charge in [-0.05, 0) is 18.4 Å². The quantitative estimate of drug-likeness (QED) is 0.883. The van der Waals surface area contributed by atoms with Crippen LogP contribution in [0.15, 0.2) is 30.3 Å². The maximum Gasteiger partial charge on any atom is 0.336 e. The van der Waals surface area contributed by atoms with E-state index < -0.39 is 11.6 Å². The maximum absolute atomic E-state index is 11.2. The largest absolute Gasteiger partial charge is 0.479 e. The summed E-state index contributed by atoms with van der Waals surface area (Å²) in [5, 5.41) is 9.22. The van der Waals surface area contributed by atoms with Crippen molar-refractivity contribution in [2.75, 3.05) is 20.2 Å². The van der Waals surface area contributed by atoms with E-state index in [-0.39, 0.29) is 0 Å². The second-order valence-corrected chi connectivity index (χ2v) is 4.77. The molecule has 0 radical (unpaired) electrons. The molecule has 0 saturated carbocycles. The Balaban J connectivity index is 1.93. The molecule has 1 fully saturated rings. The highest BCUT2D eigenvalue weighted by molar-refractivity contribution is 5.77. The van der Waals surface area contributed by atoms with Gasteiger partial charge in [-0.3, -0.25) is 4.90 Å². The van der Waals surface area contributed by atoms with Crippen LogP contribution in [0, 0.1) is 0 Å². The van der Waals surface area contributed by atoms with Gasteiger partial charge in [0.05, 0.1) is 0 Å². The number of hydrogen-bond donors (Lipinski definition) is 1. The van der Waals surface area contributed by atoms with Crippen molar-refractivity contribution < 1.29 is 14.6 Å². The molecular weight excluding hydrogens is 230 g/mol. The smallest absolute Gasteiger partial charge is 0.336 e. The number of carboxylic acid groups (broad SMARTS) is 1. The Labute approximate surface area is 107 Å². The van der Waals surface area contributed by atoms with Gasteiger partial charge in [-0.25, -0.2) is 4.79 Å². The third-order valence-corrected chi connectivity index (χ3v) is 3.69. The molecule has 98 valence electrons. The summed E-state index contributed by atoms with van der Waals surface area (Å²) in [6.07, 6.45) is 1.09. The number of carbonyl (C=O) groups is 1. The molecule has 4 heteroatoms. The van der Waals surface area contributed by atoms with Crippen LogP contribution >= 0.6 is 0 Å². The number of benzene rings is 1. The lowest BCUT2D eigenvalue weighted by Gasteiger charge is -2.37. The van der Waals surface area contributed by atoms with Crippen LogP contribution in [-0.2, 0) is 16.1 Å². The minimum absolute atomic E-state index is 0.547. The van der Waals surface area contributed by atoms with Crippen molar-refractivity contribution in [2.24, 2.45) is 0 Å². The molecule has 1 aliphatic heterocycles. The molecule has 1 N–H and O–H groups in total. The predicted molar refractivity (Wildman–Crippen MR) is 68.3 cm³/mol. The number of nitrogens with zero attached hydrogens (tertiary/aromatic N) is 1. The molecular formula is C14H19NO3. The Kier molecular flexibility index (Phi) is 3.99. The molecule has 0 spiro atoms. The number of methoxy groups -OCH3 is 1. The SMILES string of the molecule is COC1(C(=O)O)CCN(Cc2ccccc2)CC1. The summed E-state index contributed by atoms with van der Waals surface area (Å²) in [6, 6.07) is 10.2. The van der Waals surface area contributed by atoms with Crippen molar-refractivity contribution in [2.45, 2.75) is 25.0 Å². The Hall–Kier alpha value is -1.39. The highest BCUT2D eigenvalue weighted by Gasteiger charge is 2.41. The van der Waals surface area contributed by atoms with Gasteiger partial charge in [-0.1, -0.05) is 30.3 Å². The lowest BCUT2D eigenvalue weighted by atomic mass is 9.91. The van der Waals surface area contributed by atoms with E-state index in [2.05, 4.69) is 17.0 Å². The molecule has 0 amide bonds. The second kappa shape index (κ2) is 5.50. The summed E-state index contributed by atoms with van der Waals surface area (Å²) in [4.78, 5) is 13.5. The zero-order valence-electron chi connectivity index (χ0n) is 10.6. The van der Waals surface area contributed by atoms with Gasteiger partial charge >= 0.3 is 5.97 Å². The molecule has 0 unspecified atom stereocenters. The summed E-state index contributed by atoms with van der Waals surface area (Å²) in [5.74, 6) is -0.843. The average molecular weight is 249 g/mol. The monoisotopic (exact) mass is 249 g/mol. The summed E-state index contributed by atoms with van der Waals surface area (Å²) in [6.45, 7) is 2.39. The molecule has 1 heterocycles. The van der Waals surface area contributed by atoms with Crippen molar-refractivity contribution in [1.82, 2.24) is 4.90 Å². The van der Waals surface area contributed by atoms with Gasteiger partial charge < -0.3 is 9.84 Å². The van der Waals surface area contributed by atoms with Crippen molar-refractivity contribution in [3.63, 3.8) is 0 Å². The van der Waals surface area contributed by atoms with E-state index in [0.717, 1.165) is 19.6 Å². The van der Waals surface area contributed by atoms with Crippen LogP contribution in [0.4, 0.5) is 0 Å². The molecule has 4 nitrogen and oxygen atoms in total. The fourth-order valence-corrected chi connectivity index (χ4v) is 2.42. The maximum atomic E-state index is 11.2. The zero-order chi connectivity index (χ0) is 13.0. The third-order valence-electron chi connectivity index (χ3n) is 3.69. The first-order valence-electron chi connectivity index (χ1n) is 6.21. The van der Waals surface area contributed by atoms with Crippen LogP contribution in [0.2, 0.25) is 0 Å². The van der Waals surface area contributed by atoms with E-state index in [1.807, 2.05) is 18.2 Å². The number of rotatable bonds is 4. The summed E-state index contributed by atoms with van der Waals surface area (Å²) >= 11 is 0. The standard InChI is InChI=1S/C14H19NO3/c1-18-14(13(16)17)7-9-15(10-8-14)11-12-5-3-2-4-6-12/h2-6H,7-11H2,1H3,(H,16,17). The van der Waals surface area contributed by atoms with E-state index in [0.29, 0.717) is 12.8 Å². The number of aliphatic carboxylic acids is 1. The first-order valence-corrected chi connectivity index (χ1v) is 6.21. The molecule has 1 saturated heterocycles. The molecule has 0 aromatic heterocycles. The van der Waals surface area contributed by atoms with Crippen LogP contribution in [-0.4, -0.2) is 41.8 Å². The van der Waals surface area contributed by atoms with Gasteiger partial charge in [0.2, 0.25) is 0 Å². The Morgan fingerprint density at radius 3 is 2.44 bits per heavy atom. The molecule has 0 aliphatic carbocycles. The average Bonchev–Trinajstić information content (AvgIpc) is 2.41. The van der Waals surface area contributed by atoms with Crippen molar-refractivity contribution in [3.05, 3.63) is 35.9 Å². The van der Waals surface area contributed by atoms with E-state index in [1.54, 1.807) is 0 Å². The van der Waals surface area contributed by atoms with Crippen molar-refractivity contribution >= 4 is 5.97 Å². The minimum atomic E-state index is -0.979. The second-order valence-electron chi connectivity index (χ2n) is 4.77. The Morgan fingerprint density at radius 2 is 1.94 bits per heavy atom. The Morgan fingerprint density at radius 1 is 1.33 bits per heavy atom. The van der Waals surface area contributed by atoms with E-state index >= 15 is 0 Å². The van der Waals surface area contributed by atoms with Crippen LogP contribution in [0.25, 0.3) is 0 Å². The van der Waals surface area contributed by atoms with Crippen LogP contribution in [0.3, 0.4) is 0 Å². The number of ether oxygens (including phenoxy) is 1. The fraction of sp³-hybridized carbons (Fsp3) is 0.500. The Bertz CT molecular complexity index is 397. The van der Waals surface area contributed by atoms with Crippen molar-refractivity contribution in [3.8, 4) is 0 Å².